The highest BCUT2D eigenvalue weighted by atomic mass is 16.7. The average Bonchev–Trinajstić information content (AvgIpc) is 3.24. The first-order valence-electron chi connectivity index (χ1n) is 24.2. The molecule has 1 fully saturated rings. The second kappa shape index (κ2) is 41.5. The van der Waals surface area contributed by atoms with Gasteiger partial charge in [0.15, 0.2) is 6.29 Å². The number of allylic oxidation sites excluding steroid dienone is 8. The maximum Gasteiger partial charge on any atom is 0.306 e. The molecule has 0 amide bonds. The number of ether oxygens (including phenoxy) is 4. The zero-order chi connectivity index (χ0) is 42.9. The first-order valence-corrected chi connectivity index (χ1v) is 24.2. The van der Waals surface area contributed by atoms with E-state index in [2.05, 4.69) is 62.5 Å². The van der Waals surface area contributed by atoms with Crippen LogP contribution >= 0.6 is 0 Å². The third-order valence-electron chi connectivity index (χ3n) is 11.0. The Morgan fingerprint density at radius 2 is 1.03 bits per heavy atom. The Kier molecular flexibility index (Phi) is 38.8. The minimum Gasteiger partial charge on any atom is -0.457 e. The molecule has 1 aliphatic rings. The molecule has 0 saturated carbocycles. The van der Waals surface area contributed by atoms with Crippen molar-refractivity contribution in [2.75, 3.05) is 26.4 Å². The van der Waals surface area contributed by atoms with Crippen molar-refractivity contribution in [3.05, 3.63) is 48.6 Å². The topological polar surface area (TPSA) is 135 Å². The largest absolute Gasteiger partial charge is 0.457 e. The van der Waals surface area contributed by atoms with Crippen LogP contribution in [-0.2, 0) is 23.7 Å². The molecule has 1 heterocycles. The molecule has 9 nitrogen and oxygen atoms in total. The Bertz CT molecular complexity index is 1040. The molecule has 0 aromatic rings. The van der Waals surface area contributed by atoms with Gasteiger partial charge in [0.1, 0.15) is 30.5 Å². The highest BCUT2D eigenvalue weighted by molar-refractivity contribution is 5.69. The van der Waals surface area contributed by atoms with E-state index < -0.39 is 43.4 Å². The van der Waals surface area contributed by atoms with Crippen molar-refractivity contribution >= 4 is 5.97 Å². The molecule has 1 rings (SSSR count). The van der Waals surface area contributed by atoms with Crippen molar-refractivity contribution < 1.29 is 44.2 Å². The highest BCUT2D eigenvalue weighted by Gasteiger charge is 2.44. The molecule has 1 saturated heterocycles. The third-order valence-corrected chi connectivity index (χ3v) is 11.0. The Morgan fingerprint density at radius 1 is 0.559 bits per heavy atom. The Labute approximate surface area is 361 Å². The summed E-state index contributed by atoms with van der Waals surface area (Å²) in [6.07, 6.45) is 44.2. The summed E-state index contributed by atoms with van der Waals surface area (Å²) in [5, 5.41) is 40.2. The maximum atomic E-state index is 12.8. The number of unbranched alkanes of at least 4 members (excludes halogenated alkanes) is 22. The van der Waals surface area contributed by atoms with Crippen molar-refractivity contribution in [3.8, 4) is 0 Å². The van der Waals surface area contributed by atoms with Gasteiger partial charge in [0.2, 0.25) is 0 Å². The van der Waals surface area contributed by atoms with Gasteiger partial charge in [-0.05, 0) is 51.4 Å². The Hall–Kier alpha value is -1.85. The smallest absolute Gasteiger partial charge is 0.306 e. The van der Waals surface area contributed by atoms with Crippen LogP contribution in [0.4, 0.5) is 0 Å². The molecule has 0 aliphatic carbocycles. The van der Waals surface area contributed by atoms with E-state index in [1.807, 2.05) is 0 Å². The van der Waals surface area contributed by atoms with E-state index in [9.17, 15) is 25.2 Å². The minimum atomic E-state index is -1.54. The predicted octanol–water partition coefficient (Wildman–Crippen LogP) is 11.3. The van der Waals surface area contributed by atoms with Crippen molar-refractivity contribution in [2.24, 2.45) is 0 Å². The summed E-state index contributed by atoms with van der Waals surface area (Å²) >= 11 is 0. The number of hydrogen-bond acceptors (Lipinski definition) is 9. The molecule has 4 N–H and O–H groups in total. The van der Waals surface area contributed by atoms with E-state index in [1.54, 1.807) is 0 Å². The molecule has 1 aliphatic heterocycles. The van der Waals surface area contributed by atoms with Gasteiger partial charge in [0.05, 0.1) is 19.8 Å². The van der Waals surface area contributed by atoms with Crippen LogP contribution in [0.1, 0.15) is 200 Å². The molecule has 6 atom stereocenters. The molecular formula is C50H90O9. The van der Waals surface area contributed by atoms with Crippen LogP contribution in [0, 0.1) is 0 Å². The van der Waals surface area contributed by atoms with Crippen LogP contribution in [-0.4, -0.2) is 89.6 Å². The van der Waals surface area contributed by atoms with Crippen LogP contribution < -0.4 is 0 Å². The summed E-state index contributed by atoms with van der Waals surface area (Å²) in [5.41, 5.74) is 0. The van der Waals surface area contributed by atoms with Gasteiger partial charge in [-0.15, -0.1) is 0 Å². The second-order valence-electron chi connectivity index (χ2n) is 16.5. The van der Waals surface area contributed by atoms with Crippen molar-refractivity contribution in [1.29, 1.82) is 0 Å². The quantitative estimate of drug-likeness (QED) is 0.0270. The Morgan fingerprint density at radius 3 is 1.56 bits per heavy atom. The summed E-state index contributed by atoms with van der Waals surface area (Å²) < 4.78 is 22.9. The fourth-order valence-corrected chi connectivity index (χ4v) is 7.25. The molecule has 59 heavy (non-hydrogen) atoms. The van der Waals surface area contributed by atoms with E-state index in [1.165, 1.54) is 116 Å². The number of carbonyl (C=O) groups is 1. The second-order valence-corrected chi connectivity index (χ2v) is 16.5. The SMILES string of the molecule is CC/C=C\C/C=C\C/C=C\C/C=C\CCCCCCCCCCC(=O)OC(COCCCCCCCCCCCCCCCCC)COC1OC(CO)C(O)C(O)C1O. The molecule has 344 valence electrons. The normalized spacial score (nSPS) is 20.5. The lowest BCUT2D eigenvalue weighted by Crippen LogP contribution is -2.59. The van der Waals surface area contributed by atoms with E-state index in [0.29, 0.717) is 13.0 Å². The van der Waals surface area contributed by atoms with E-state index >= 15 is 0 Å². The molecule has 0 radical (unpaired) electrons. The lowest BCUT2D eigenvalue weighted by atomic mass is 9.99. The fourth-order valence-electron chi connectivity index (χ4n) is 7.25. The molecule has 0 aromatic carbocycles. The van der Waals surface area contributed by atoms with Gasteiger partial charge >= 0.3 is 5.97 Å². The van der Waals surface area contributed by atoms with Crippen molar-refractivity contribution in [3.63, 3.8) is 0 Å². The minimum absolute atomic E-state index is 0.116. The first kappa shape index (κ1) is 55.2. The highest BCUT2D eigenvalue weighted by Crippen LogP contribution is 2.23. The average molecular weight is 835 g/mol. The Balaban J connectivity index is 2.23. The molecule has 0 bridgehead atoms. The zero-order valence-corrected chi connectivity index (χ0v) is 37.7. The van der Waals surface area contributed by atoms with Gasteiger partial charge in [-0.3, -0.25) is 4.79 Å². The summed E-state index contributed by atoms with van der Waals surface area (Å²) in [7, 11) is 0. The molecule has 0 spiro atoms. The summed E-state index contributed by atoms with van der Waals surface area (Å²) in [4.78, 5) is 12.8. The third kappa shape index (κ3) is 32.5. The van der Waals surface area contributed by atoms with Crippen LogP contribution in [0.25, 0.3) is 0 Å². The summed E-state index contributed by atoms with van der Waals surface area (Å²) in [5.74, 6) is -0.321. The van der Waals surface area contributed by atoms with Gasteiger partial charge in [0.25, 0.3) is 0 Å². The van der Waals surface area contributed by atoms with Gasteiger partial charge < -0.3 is 39.4 Å². The number of hydrogen-bond donors (Lipinski definition) is 4. The number of aliphatic hydroxyl groups excluding tert-OH is 4. The first-order chi connectivity index (χ1) is 28.9. The van der Waals surface area contributed by atoms with Gasteiger partial charge in [-0.2, -0.15) is 0 Å². The summed E-state index contributed by atoms with van der Waals surface area (Å²) in [6.45, 7) is 4.46. The van der Waals surface area contributed by atoms with E-state index in [0.717, 1.165) is 64.2 Å². The van der Waals surface area contributed by atoms with Crippen LogP contribution in [0.2, 0.25) is 0 Å². The molecule has 6 unspecified atom stereocenters. The molecule has 9 heteroatoms. The number of carbonyl (C=O) groups excluding carboxylic acids is 1. The lowest BCUT2D eigenvalue weighted by Gasteiger charge is -2.39. The number of rotatable bonds is 41. The van der Waals surface area contributed by atoms with Gasteiger partial charge in [-0.25, -0.2) is 0 Å². The lowest BCUT2D eigenvalue weighted by molar-refractivity contribution is -0.305. The zero-order valence-electron chi connectivity index (χ0n) is 37.7. The van der Waals surface area contributed by atoms with Crippen molar-refractivity contribution in [2.45, 2.75) is 237 Å². The van der Waals surface area contributed by atoms with Gasteiger partial charge in [-0.1, -0.05) is 191 Å². The summed E-state index contributed by atoms with van der Waals surface area (Å²) in [6, 6.07) is 0. The monoisotopic (exact) mass is 835 g/mol. The van der Waals surface area contributed by atoms with Crippen LogP contribution in [0.5, 0.6) is 0 Å². The molecule has 0 aromatic heterocycles. The van der Waals surface area contributed by atoms with Crippen LogP contribution in [0.3, 0.4) is 0 Å². The van der Waals surface area contributed by atoms with E-state index in [4.69, 9.17) is 18.9 Å². The number of esters is 1. The fraction of sp³-hybridized carbons (Fsp3) is 0.820. The standard InChI is InChI=1S/C50H90O9/c1-3-5-7-9-11-13-15-17-19-20-21-22-23-24-25-27-29-31-33-35-37-39-46(52)58-44(43-57-50-49(55)48(54)47(53)45(41-51)59-50)42-56-40-38-36-34-32-30-28-26-18-16-14-12-10-8-6-4-2/h5,7,11,13,17,19,21-22,44-45,47-51,53-55H,3-4,6,8-10,12,14-16,18,20,23-43H2,1-2H3/b7-5-,13-11-,19-17-,22-21-. The van der Waals surface area contributed by atoms with Crippen LogP contribution in [0.15, 0.2) is 48.6 Å². The van der Waals surface area contributed by atoms with Crippen molar-refractivity contribution in [1.82, 2.24) is 0 Å². The van der Waals surface area contributed by atoms with E-state index in [-0.39, 0.29) is 19.2 Å². The van der Waals surface area contributed by atoms with Gasteiger partial charge in [0, 0.05) is 13.0 Å². The number of aliphatic hydroxyl groups is 4. The maximum absolute atomic E-state index is 12.8. The molecular weight excluding hydrogens is 745 g/mol. The predicted molar refractivity (Wildman–Crippen MR) is 242 cm³/mol.